The van der Waals surface area contributed by atoms with Crippen molar-refractivity contribution in [1.82, 2.24) is 10.2 Å². The van der Waals surface area contributed by atoms with E-state index in [1.807, 2.05) is 0 Å². The van der Waals surface area contributed by atoms with Crippen molar-refractivity contribution in [2.45, 2.75) is 51.7 Å². The Bertz CT molecular complexity index is 462. The topological polar surface area (TPSA) is 15.3 Å². The molecule has 0 bridgehead atoms. The maximum Gasteiger partial charge on any atom is 0.129 e. The molecule has 1 aliphatic rings. The lowest BCUT2D eigenvalue weighted by molar-refractivity contribution is 0.0554. The lowest BCUT2D eigenvalue weighted by Crippen LogP contribution is -2.61. The second-order valence-electron chi connectivity index (χ2n) is 6.30. The molecular weight excluding hydrogens is 275 g/mol. The number of nitrogens with zero attached hydrogens (tertiary/aromatic N) is 1. The van der Waals surface area contributed by atoms with Gasteiger partial charge in [-0.25, -0.2) is 4.39 Å². The lowest BCUT2D eigenvalue weighted by atomic mass is 9.95. The van der Waals surface area contributed by atoms with E-state index in [-0.39, 0.29) is 11.4 Å². The third-order valence-electron chi connectivity index (χ3n) is 4.13. The van der Waals surface area contributed by atoms with Crippen molar-refractivity contribution in [2.75, 3.05) is 13.1 Å². The molecule has 0 saturated carbocycles. The van der Waals surface area contributed by atoms with E-state index in [9.17, 15) is 4.39 Å². The zero-order chi connectivity index (χ0) is 14.8. The Labute approximate surface area is 126 Å². The molecule has 0 aromatic heterocycles. The third kappa shape index (κ3) is 3.72. The Kier molecular flexibility index (Phi) is 5.05. The normalized spacial score (nSPS) is 22.9. The first-order chi connectivity index (χ1) is 9.42. The lowest BCUT2D eigenvalue weighted by Gasteiger charge is -2.46. The van der Waals surface area contributed by atoms with Crippen molar-refractivity contribution < 1.29 is 4.39 Å². The van der Waals surface area contributed by atoms with Crippen molar-refractivity contribution in [2.24, 2.45) is 0 Å². The summed E-state index contributed by atoms with van der Waals surface area (Å²) in [5.74, 6) is -0.209. The largest absolute Gasteiger partial charge is 0.311 e. The van der Waals surface area contributed by atoms with Crippen molar-refractivity contribution in [3.63, 3.8) is 0 Å². The molecule has 0 aliphatic carbocycles. The predicted molar refractivity (Wildman–Crippen MR) is 82.6 cm³/mol. The molecule has 1 saturated heterocycles. The summed E-state index contributed by atoms with van der Waals surface area (Å²) in [6.45, 7) is 9.14. The van der Waals surface area contributed by atoms with E-state index >= 15 is 0 Å². The molecule has 1 atom stereocenters. The van der Waals surface area contributed by atoms with Crippen LogP contribution in [0, 0.1) is 5.82 Å². The molecule has 2 rings (SSSR count). The molecule has 0 spiro atoms. The van der Waals surface area contributed by atoms with Crippen LogP contribution in [0.4, 0.5) is 4.39 Å². The monoisotopic (exact) mass is 298 g/mol. The van der Waals surface area contributed by atoms with E-state index < -0.39 is 0 Å². The van der Waals surface area contributed by atoms with Gasteiger partial charge in [0.25, 0.3) is 0 Å². The molecule has 4 heteroatoms. The second-order valence-corrected chi connectivity index (χ2v) is 6.73. The highest BCUT2D eigenvalue weighted by Crippen LogP contribution is 2.24. The number of benzene rings is 1. The Morgan fingerprint density at radius 2 is 2.20 bits per heavy atom. The average molecular weight is 299 g/mol. The van der Waals surface area contributed by atoms with Gasteiger partial charge in [0.1, 0.15) is 5.82 Å². The van der Waals surface area contributed by atoms with Gasteiger partial charge < -0.3 is 5.32 Å². The number of halogens is 2. The zero-order valence-corrected chi connectivity index (χ0v) is 13.3. The minimum atomic E-state index is -0.209. The van der Waals surface area contributed by atoms with Crippen LogP contribution in [0.15, 0.2) is 18.2 Å². The number of piperazine rings is 1. The van der Waals surface area contributed by atoms with Crippen LogP contribution >= 0.6 is 11.6 Å². The fourth-order valence-corrected chi connectivity index (χ4v) is 2.92. The van der Waals surface area contributed by atoms with Crippen molar-refractivity contribution in [1.29, 1.82) is 0 Å². The van der Waals surface area contributed by atoms with Gasteiger partial charge in [-0.1, -0.05) is 31.0 Å². The smallest absolute Gasteiger partial charge is 0.129 e. The van der Waals surface area contributed by atoms with Crippen LogP contribution in [0.2, 0.25) is 5.02 Å². The highest BCUT2D eigenvalue weighted by Gasteiger charge is 2.33. The summed E-state index contributed by atoms with van der Waals surface area (Å²) < 4.78 is 14.0. The fraction of sp³-hybridized carbons (Fsp3) is 0.625. The van der Waals surface area contributed by atoms with Gasteiger partial charge in [-0.3, -0.25) is 4.90 Å². The molecule has 1 fully saturated rings. The first-order valence-corrected chi connectivity index (χ1v) is 7.72. The van der Waals surface area contributed by atoms with Gasteiger partial charge >= 0.3 is 0 Å². The molecule has 1 N–H and O–H groups in total. The molecule has 1 aromatic carbocycles. The van der Waals surface area contributed by atoms with Crippen LogP contribution in [0.25, 0.3) is 0 Å². The van der Waals surface area contributed by atoms with Gasteiger partial charge in [-0.2, -0.15) is 0 Å². The number of nitrogens with one attached hydrogen (secondary N) is 1. The van der Waals surface area contributed by atoms with E-state index in [1.165, 1.54) is 12.5 Å². The predicted octanol–water partition coefficient (Wildman–Crippen LogP) is 3.83. The summed E-state index contributed by atoms with van der Waals surface area (Å²) in [6.07, 6.45) is 2.33. The summed E-state index contributed by atoms with van der Waals surface area (Å²) in [4.78, 5) is 2.37. The molecule has 1 heterocycles. The molecule has 2 nitrogen and oxygen atoms in total. The summed E-state index contributed by atoms with van der Waals surface area (Å²) >= 11 is 5.82. The SMILES string of the molecule is CCCC1CN(Cc2ccc(Cl)cc2F)C(C)(C)CN1. The Hall–Kier alpha value is -0.640. The van der Waals surface area contributed by atoms with Crippen molar-refractivity contribution >= 4 is 11.6 Å². The van der Waals surface area contributed by atoms with E-state index in [0.29, 0.717) is 17.6 Å². The maximum atomic E-state index is 14.0. The quantitative estimate of drug-likeness (QED) is 0.909. The standard InChI is InChI=1S/C16H24ClFN2/c1-4-5-14-10-20(16(2,3)11-19-14)9-12-6-7-13(17)8-15(12)18/h6-8,14,19H,4-5,9-11H2,1-3H3. The van der Waals surface area contributed by atoms with Crippen molar-refractivity contribution in [3.05, 3.63) is 34.6 Å². The molecule has 112 valence electrons. The molecule has 20 heavy (non-hydrogen) atoms. The number of hydrogen-bond donors (Lipinski definition) is 1. The molecule has 0 radical (unpaired) electrons. The number of rotatable bonds is 4. The van der Waals surface area contributed by atoms with Crippen LogP contribution in [-0.4, -0.2) is 29.6 Å². The molecular formula is C16H24ClFN2. The van der Waals surface area contributed by atoms with E-state index in [1.54, 1.807) is 12.1 Å². The van der Waals surface area contributed by atoms with Crippen LogP contribution < -0.4 is 5.32 Å². The van der Waals surface area contributed by atoms with E-state index in [0.717, 1.165) is 25.1 Å². The van der Waals surface area contributed by atoms with Gasteiger partial charge in [-0.05, 0) is 32.4 Å². The Morgan fingerprint density at radius 3 is 2.85 bits per heavy atom. The first-order valence-electron chi connectivity index (χ1n) is 7.34. The van der Waals surface area contributed by atoms with E-state index in [2.05, 4.69) is 31.0 Å². The summed E-state index contributed by atoms with van der Waals surface area (Å²) in [6, 6.07) is 5.46. The highest BCUT2D eigenvalue weighted by atomic mass is 35.5. The molecule has 0 amide bonds. The third-order valence-corrected chi connectivity index (χ3v) is 4.37. The first kappa shape index (κ1) is 15.7. The van der Waals surface area contributed by atoms with Crippen LogP contribution in [0.5, 0.6) is 0 Å². The summed E-state index contributed by atoms with van der Waals surface area (Å²) in [5.41, 5.74) is 0.760. The van der Waals surface area contributed by atoms with Crippen LogP contribution in [-0.2, 0) is 6.54 Å². The average Bonchev–Trinajstić information content (AvgIpc) is 2.37. The second kappa shape index (κ2) is 6.42. The van der Waals surface area contributed by atoms with Gasteiger partial charge in [0, 0.05) is 41.8 Å². The minimum Gasteiger partial charge on any atom is -0.311 e. The zero-order valence-electron chi connectivity index (χ0n) is 12.5. The molecule has 1 unspecified atom stereocenters. The molecule has 1 aliphatic heterocycles. The highest BCUT2D eigenvalue weighted by molar-refractivity contribution is 6.30. The van der Waals surface area contributed by atoms with Crippen LogP contribution in [0.3, 0.4) is 0 Å². The number of hydrogen-bond acceptors (Lipinski definition) is 2. The maximum absolute atomic E-state index is 14.0. The van der Waals surface area contributed by atoms with Gasteiger partial charge in [0.05, 0.1) is 0 Å². The minimum absolute atomic E-state index is 0.0380. The summed E-state index contributed by atoms with van der Waals surface area (Å²) in [7, 11) is 0. The summed E-state index contributed by atoms with van der Waals surface area (Å²) in [5, 5.41) is 4.05. The fourth-order valence-electron chi connectivity index (χ4n) is 2.76. The van der Waals surface area contributed by atoms with Gasteiger partial charge in [0.2, 0.25) is 0 Å². The van der Waals surface area contributed by atoms with Crippen LogP contribution in [0.1, 0.15) is 39.2 Å². The van der Waals surface area contributed by atoms with Gasteiger partial charge in [-0.15, -0.1) is 0 Å². The van der Waals surface area contributed by atoms with Crippen molar-refractivity contribution in [3.8, 4) is 0 Å². The van der Waals surface area contributed by atoms with Gasteiger partial charge in [0.15, 0.2) is 0 Å². The molecule has 1 aromatic rings. The Morgan fingerprint density at radius 1 is 1.45 bits per heavy atom. The Balaban J connectivity index is 2.11. The van der Waals surface area contributed by atoms with E-state index in [4.69, 9.17) is 11.6 Å².